The van der Waals surface area contributed by atoms with Crippen molar-refractivity contribution >= 4 is 43.8 Å². The highest BCUT2D eigenvalue weighted by Crippen LogP contribution is 2.58. The standard InChI is InChI=1S/C20H18Br2O4/c1-25-19(23)17-15(11-5-3-7-13(21)9-11)16(18(17)20(24)26-2)12-6-4-8-14(22)10-12/h3-10,15-18H,1-2H3/t15-,16+,17+,18-. The molecule has 0 aliphatic heterocycles. The molecule has 0 radical (unpaired) electrons. The number of esters is 2. The Morgan fingerprint density at radius 2 is 1.15 bits per heavy atom. The van der Waals surface area contributed by atoms with Crippen molar-refractivity contribution in [1.29, 1.82) is 0 Å². The number of halogens is 2. The Balaban J connectivity index is 2.11. The Labute approximate surface area is 169 Å². The molecule has 1 fully saturated rings. The van der Waals surface area contributed by atoms with Gasteiger partial charge in [0.05, 0.1) is 26.1 Å². The topological polar surface area (TPSA) is 52.6 Å². The lowest BCUT2D eigenvalue weighted by Crippen LogP contribution is -2.52. The van der Waals surface area contributed by atoms with E-state index < -0.39 is 23.8 Å². The third-order valence-electron chi connectivity index (χ3n) is 4.96. The Morgan fingerprint density at radius 1 is 0.769 bits per heavy atom. The van der Waals surface area contributed by atoms with Crippen LogP contribution in [0, 0.1) is 11.8 Å². The molecule has 1 aliphatic rings. The highest BCUT2D eigenvalue weighted by atomic mass is 79.9. The fraction of sp³-hybridized carbons (Fsp3) is 0.300. The molecular formula is C20H18Br2O4. The molecule has 26 heavy (non-hydrogen) atoms. The molecule has 136 valence electrons. The highest BCUT2D eigenvalue weighted by Gasteiger charge is 2.59. The van der Waals surface area contributed by atoms with E-state index in [1.807, 2.05) is 48.5 Å². The van der Waals surface area contributed by atoms with Crippen LogP contribution >= 0.6 is 31.9 Å². The van der Waals surface area contributed by atoms with Gasteiger partial charge >= 0.3 is 11.9 Å². The van der Waals surface area contributed by atoms with E-state index in [4.69, 9.17) is 9.47 Å². The van der Waals surface area contributed by atoms with E-state index in [1.54, 1.807) is 0 Å². The van der Waals surface area contributed by atoms with Gasteiger partial charge in [-0.05, 0) is 35.4 Å². The molecular weight excluding hydrogens is 464 g/mol. The number of methoxy groups -OCH3 is 2. The van der Waals surface area contributed by atoms with Crippen molar-refractivity contribution in [2.75, 3.05) is 14.2 Å². The first-order valence-electron chi connectivity index (χ1n) is 8.14. The SMILES string of the molecule is COC(=O)[C@@H]1[C@H](C(=O)OC)[C@@H](c2cccc(Br)c2)[C@H]1c1cccc(Br)c1. The van der Waals surface area contributed by atoms with Gasteiger partial charge in [0.1, 0.15) is 0 Å². The molecule has 2 aromatic carbocycles. The quantitative estimate of drug-likeness (QED) is 0.595. The lowest BCUT2D eigenvalue weighted by atomic mass is 9.52. The fourth-order valence-electron chi connectivity index (χ4n) is 3.86. The molecule has 0 bridgehead atoms. The van der Waals surface area contributed by atoms with Gasteiger partial charge < -0.3 is 9.47 Å². The van der Waals surface area contributed by atoms with Gasteiger partial charge in [-0.1, -0.05) is 56.1 Å². The average molecular weight is 482 g/mol. The minimum Gasteiger partial charge on any atom is -0.469 e. The van der Waals surface area contributed by atoms with Crippen LogP contribution in [0.4, 0.5) is 0 Å². The van der Waals surface area contributed by atoms with Gasteiger partial charge in [-0.3, -0.25) is 9.59 Å². The van der Waals surface area contributed by atoms with Crippen LogP contribution in [0.2, 0.25) is 0 Å². The van der Waals surface area contributed by atoms with Gasteiger partial charge in [0.25, 0.3) is 0 Å². The van der Waals surface area contributed by atoms with Crippen LogP contribution in [-0.4, -0.2) is 26.2 Å². The smallest absolute Gasteiger partial charge is 0.310 e. The minimum absolute atomic E-state index is 0.168. The Bertz CT molecular complexity index is 767. The number of carbonyl (C=O) groups is 2. The van der Waals surface area contributed by atoms with Crippen molar-refractivity contribution in [3.8, 4) is 0 Å². The molecule has 3 rings (SSSR count). The zero-order chi connectivity index (χ0) is 18.8. The molecule has 2 aromatic rings. The summed E-state index contributed by atoms with van der Waals surface area (Å²) in [5, 5.41) is 0. The summed E-state index contributed by atoms with van der Waals surface area (Å²) in [4.78, 5) is 25.0. The van der Waals surface area contributed by atoms with E-state index in [0.717, 1.165) is 20.1 Å². The van der Waals surface area contributed by atoms with Gasteiger partial charge in [-0.25, -0.2) is 0 Å². The molecule has 0 saturated heterocycles. The van der Waals surface area contributed by atoms with Gasteiger partial charge in [0.15, 0.2) is 0 Å². The van der Waals surface area contributed by atoms with Crippen molar-refractivity contribution in [2.45, 2.75) is 11.8 Å². The van der Waals surface area contributed by atoms with Gasteiger partial charge in [-0.2, -0.15) is 0 Å². The largest absolute Gasteiger partial charge is 0.469 e. The molecule has 0 aromatic heterocycles. The van der Waals surface area contributed by atoms with E-state index in [-0.39, 0.29) is 11.8 Å². The first-order valence-corrected chi connectivity index (χ1v) is 9.73. The summed E-state index contributed by atoms with van der Waals surface area (Å²) in [6, 6.07) is 15.6. The second kappa shape index (κ2) is 7.92. The van der Waals surface area contributed by atoms with Crippen molar-refractivity contribution < 1.29 is 19.1 Å². The van der Waals surface area contributed by atoms with E-state index in [9.17, 15) is 9.59 Å². The molecule has 0 amide bonds. The molecule has 4 nitrogen and oxygen atoms in total. The summed E-state index contributed by atoms with van der Waals surface area (Å²) < 4.78 is 11.9. The predicted octanol–water partition coefficient (Wildman–Crippen LogP) is 4.67. The lowest BCUT2D eigenvalue weighted by Gasteiger charge is -2.49. The van der Waals surface area contributed by atoms with Crippen LogP contribution in [0.3, 0.4) is 0 Å². The summed E-state index contributed by atoms with van der Waals surface area (Å²) in [6.45, 7) is 0. The first kappa shape index (κ1) is 19.1. The van der Waals surface area contributed by atoms with E-state index >= 15 is 0 Å². The Morgan fingerprint density at radius 3 is 1.46 bits per heavy atom. The summed E-state index contributed by atoms with van der Waals surface area (Å²) in [5.41, 5.74) is 1.97. The predicted molar refractivity (Wildman–Crippen MR) is 105 cm³/mol. The number of hydrogen-bond acceptors (Lipinski definition) is 4. The van der Waals surface area contributed by atoms with Crippen LogP contribution in [0.25, 0.3) is 0 Å². The number of carbonyl (C=O) groups excluding carboxylic acids is 2. The molecule has 0 N–H and O–H groups in total. The van der Waals surface area contributed by atoms with Crippen LogP contribution in [-0.2, 0) is 19.1 Å². The second-order valence-corrected chi connectivity index (χ2v) is 8.09. The van der Waals surface area contributed by atoms with E-state index in [1.165, 1.54) is 14.2 Å². The normalized spacial score (nSPS) is 24.5. The molecule has 6 heteroatoms. The highest BCUT2D eigenvalue weighted by molar-refractivity contribution is 9.10. The van der Waals surface area contributed by atoms with Gasteiger partial charge in [0.2, 0.25) is 0 Å². The Kier molecular flexibility index (Phi) is 5.82. The minimum atomic E-state index is -0.578. The maximum absolute atomic E-state index is 12.5. The first-order chi connectivity index (χ1) is 12.5. The average Bonchev–Trinajstić information content (AvgIpc) is 2.60. The van der Waals surface area contributed by atoms with Crippen molar-refractivity contribution in [2.24, 2.45) is 11.8 Å². The van der Waals surface area contributed by atoms with Crippen LogP contribution in [0.15, 0.2) is 57.5 Å². The Hall–Kier alpha value is -1.66. The van der Waals surface area contributed by atoms with Crippen molar-refractivity contribution in [3.05, 3.63) is 68.6 Å². The number of hydrogen-bond donors (Lipinski definition) is 0. The summed E-state index contributed by atoms with van der Waals surface area (Å²) >= 11 is 6.98. The van der Waals surface area contributed by atoms with Crippen molar-refractivity contribution in [3.63, 3.8) is 0 Å². The number of benzene rings is 2. The molecule has 0 unspecified atom stereocenters. The van der Waals surface area contributed by atoms with Crippen molar-refractivity contribution in [1.82, 2.24) is 0 Å². The zero-order valence-electron chi connectivity index (χ0n) is 14.3. The molecule has 0 spiro atoms. The maximum Gasteiger partial charge on any atom is 0.310 e. The van der Waals surface area contributed by atoms with Crippen LogP contribution < -0.4 is 0 Å². The molecule has 1 aliphatic carbocycles. The molecule has 4 atom stereocenters. The number of rotatable bonds is 4. The molecule has 0 heterocycles. The van der Waals surface area contributed by atoms with Gasteiger partial charge in [0, 0.05) is 20.8 Å². The summed E-state index contributed by atoms with van der Waals surface area (Å²) in [7, 11) is 2.70. The number of ether oxygens (including phenoxy) is 2. The molecule has 1 saturated carbocycles. The zero-order valence-corrected chi connectivity index (χ0v) is 17.5. The third kappa shape index (κ3) is 3.45. The van der Waals surface area contributed by atoms with Gasteiger partial charge in [-0.15, -0.1) is 0 Å². The third-order valence-corrected chi connectivity index (χ3v) is 5.95. The lowest BCUT2D eigenvalue weighted by molar-refractivity contribution is -0.168. The van der Waals surface area contributed by atoms with E-state index in [2.05, 4.69) is 31.9 Å². The van der Waals surface area contributed by atoms with Crippen LogP contribution in [0.1, 0.15) is 23.0 Å². The second-order valence-electron chi connectivity index (χ2n) is 6.26. The fourth-order valence-corrected chi connectivity index (χ4v) is 4.70. The van der Waals surface area contributed by atoms with Crippen LogP contribution in [0.5, 0.6) is 0 Å². The summed E-state index contributed by atoms with van der Waals surface area (Å²) in [6.07, 6.45) is 0. The van der Waals surface area contributed by atoms with E-state index in [0.29, 0.717) is 0 Å². The maximum atomic E-state index is 12.5. The monoisotopic (exact) mass is 480 g/mol. The summed E-state index contributed by atoms with van der Waals surface area (Å²) in [5.74, 6) is -2.28.